The third-order valence-corrected chi connectivity index (χ3v) is 2.18. The lowest BCUT2D eigenvalue weighted by Gasteiger charge is -2.08. The Hall–Kier alpha value is -1.61. The van der Waals surface area contributed by atoms with E-state index in [1.807, 2.05) is 26.0 Å². The molecule has 0 aliphatic rings. The van der Waals surface area contributed by atoms with Crippen LogP contribution in [-0.2, 0) is 4.84 Å². The van der Waals surface area contributed by atoms with Crippen molar-refractivity contribution in [2.45, 2.75) is 13.8 Å². The van der Waals surface area contributed by atoms with Gasteiger partial charge in [-0.2, -0.15) is 0 Å². The maximum Gasteiger partial charge on any atom is 0.123 e. The van der Waals surface area contributed by atoms with Crippen LogP contribution in [0.2, 0.25) is 0 Å². The summed E-state index contributed by atoms with van der Waals surface area (Å²) >= 11 is 0. The van der Waals surface area contributed by atoms with Crippen LogP contribution in [-0.4, -0.2) is 7.11 Å². The van der Waals surface area contributed by atoms with Gasteiger partial charge in [-0.25, -0.2) is 4.39 Å². The molecule has 0 fully saturated rings. The van der Waals surface area contributed by atoms with Crippen LogP contribution in [0, 0.1) is 5.82 Å². The molecule has 1 rings (SSSR count). The van der Waals surface area contributed by atoms with Crippen LogP contribution in [0.15, 0.2) is 41.6 Å². The summed E-state index contributed by atoms with van der Waals surface area (Å²) in [7, 11) is 1.56. The van der Waals surface area contributed by atoms with E-state index in [4.69, 9.17) is 4.84 Å². The van der Waals surface area contributed by atoms with Gasteiger partial charge in [-0.1, -0.05) is 18.2 Å². The summed E-state index contributed by atoms with van der Waals surface area (Å²) in [5.74, 6) is -0.226. The number of hydrogen-bond donors (Lipinski definition) is 1. The lowest BCUT2D eigenvalue weighted by Crippen LogP contribution is -2.11. The molecule has 0 saturated heterocycles. The summed E-state index contributed by atoms with van der Waals surface area (Å²) in [6.45, 7) is 3.88. The van der Waals surface area contributed by atoms with E-state index in [9.17, 15) is 4.39 Å². The van der Waals surface area contributed by atoms with Crippen LogP contribution in [0.5, 0.6) is 0 Å². The number of nitrogens with one attached hydrogen (secondary N) is 1. The predicted molar refractivity (Wildman–Crippen MR) is 64.0 cm³/mol. The summed E-state index contributed by atoms with van der Waals surface area (Å²) in [5, 5.41) is 0. The summed E-state index contributed by atoms with van der Waals surface area (Å²) < 4.78 is 12.7. The molecule has 86 valence electrons. The number of rotatable bonds is 4. The maximum absolute atomic E-state index is 12.7. The fourth-order valence-corrected chi connectivity index (χ4v) is 1.36. The van der Waals surface area contributed by atoms with Gasteiger partial charge in [-0.15, -0.1) is 0 Å². The van der Waals surface area contributed by atoms with Crippen LogP contribution in [0.25, 0.3) is 6.08 Å². The van der Waals surface area contributed by atoms with Crippen molar-refractivity contribution in [1.29, 1.82) is 0 Å². The van der Waals surface area contributed by atoms with Crippen molar-refractivity contribution in [3.8, 4) is 0 Å². The van der Waals surface area contributed by atoms with Gasteiger partial charge in [0.25, 0.3) is 0 Å². The fraction of sp³-hybridized carbons (Fsp3) is 0.231. The minimum atomic E-state index is -0.226. The molecule has 0 unspecified atom stereocenters. The maximum atomic E-state index is 12.7. The smallest absolute Gasteiger partial charge is 0.123 e. The number of benzene rings is 1. The van der Waals surface area contributed by atoms with Crippen molar-refractivity contribution in [3.63, 3.8) is 0 Å². The SMILES string of the molecule is CC=C(NOC)C(C)=Cc1ccc(F)cc1. The Morgan fingerprint density at radius 2 is 1.94 bits per heavy atom. The Bertz CT molecular complexity index is 393. The first-order valence-corrected chi connectivity index (χ1v) is 5.07. The Morgan fingerprint density at radius 1 is 1.31 bits per heavy atom. The first kappa shape index (κ1) is 12.5. The molecule has 0 radical (unpaired) electrons. The number of hydroxylamine groups is 1. The topological polar surface area (TPSA) is 21.3 Å². The van der Waals surface area contributed by atoms with Gasteiger partial charge < -0.3 is 0 Å². The highest BCUT2D eigenvalue weighted by Gasteiger charge is 1.98. The van der Waals surface area contributed by atoms with E-state index >= 15 is 0 Å². The average Bonchev–Trinajstić information content (AvgIpc) is 2.29. The Kier molecular flexibility index (Phi) is 4.73. The molecule has 1 N–H and O–H groups in total. The second-order valence-electron chi connectivity index (χ2n) is 3.39. The van der Waals surface area contributed by atoms with Crippen molar-refractivity contribution in [2.75, 3.05) is 7.11 Å². The van der Waals surface area contributed by atoms with Gasteiger partial charge in [0.05, 0.1) is 12.8 Å². The molecule has 0 spiro atoms. The quantitative estimate of drug-likeness (QED) is 0.622. The second-order valence-corrected chi connectivity index (χ2v) is 3.39. The number of allylic oxidation sites excluding steroid dienone is 2. The van der Waals surface area contributed by atoms with E-state index < -0.39 is 0 Å². The van der Waals surface area contributed by atoms with Gasteiger partial charge in [-0.05, 0) is 43.2 Å². The molecule has 0 aliphatic heterocycles. The summed E-state index contributed by atoms with van der Waals surface area (Å²) in [6.07, 6.45) is 3.87. The van der Waals surface area contributed by atoms with Crippen molar-refractivity contribution < 1.29 is 9.23 Å². The van der Waals surface area contributed by atoms with E-state index in [0.29, 0.717) is 0 Å². The zero-order valence-electron chi connectivity index (χ0n) is 9.75. The van der Waals surface area contributed by atoms with Crippen LogP contribution in [0.4, 0.5) is 4.39 Å². The standard InChI is InChI=1S/C13H16FNO/c1-4-13(15-16-3)10(2)9-11-5-7-12(14)8-6-11/h4-9,15H,1-3H3. The highest BCUT2D eigenvalue weighted by Crippen LogP contribution is 2.12. The first-order valence-electron chi connectivity index (χ1n) is 5.07. The van der Waals surface area contributed by atoms with Gasteiger partial charge in [-0.3, -0.25) is 10.3 Å². The van der Waals surface area contributed by atoms with E-state index in [-0.39, 0.29) is 5.82 Å². The first-order chi connectivity index (χ1) is 7.67. The zero-order valence-corrected chi connectivity index (χ0v) is 9.75. The van der Waals surface area contributed by atoms with Crippen LogP contribution < -0.4 is 5.48 Å². The highest BCUT2D eigenvalue weighted by molar-refractivity contribution is 5.57. The molecular weight excluding hydrogens is 205 g/mol. The van der Waals surface area contributed by atoms with Crippen molar-refractivity contribution >= 4 is 6.08 Å². The molecule has 0 aromatic heterocycles. The third kappa shape index (κ3) is 3.51. The Balaban J connectivity index is 2.87. The molecule has 16 heavy (non-hydrogen) atoms. The summed E-state index contributed by atoms with van der Waals surface area (Å²) in [5.41, 5.74) is 5.66. The summed E-state index contributed by atoms with van der Waals surface area (Å²) in [6, 6.07) is 6.36. The zero-order chi connectivity index (χ0) is 12.0. The Morgan fingerprint density at radius 3 is 2.44 bits per heavy atom. The van der Waals surface area contributed by atoms with Crippen LogP contribution >= 0.6 is 0 Å². The van der Waals surface area contributed by atoms with Crippen molar-refractivity contribution in [2.24, 2.45) is 0 Å². The van der Waals surface area contributed by atoms with E-state index in [1.165, 1.54) is 12.1 Å². The second kappa shape index (κ2) is 6.08. The minimum absolute atomic E-state index is 0.226. The van der Waals surface area contributed by atoms with E-state index in [1.54, 1.807) is 19.2 Å². The molecule has 0 amide bonds. The Labute approximate surface area is 95.4 Å². The molecule has 1 aromatic carbocycles. The third-order valence-electron chi connectivity index (χ3n) is 2.18. The molecule has 0 aliphatic carbocycles. The van der Waals surface area contributed by atoms with Crippen LogP contribution in [0.1, 0.15) is 19.4 Å². The average molecular weight is 221 g/mol. The van der Waals surface area contributed by atoms with Gasteiger partial charge in [0.2, 0.25) is 0 Å². The van der Waals surface area contributed by atoms with E-state index in [0.717, 1.165) is 16.8 Å². The fourth-order valence-electron chi connectivity index (χ4n) is 1.36. The van der Waals surface area contributed by atoms with Crippen molar-refractivity contribution in [3.05, 3.63) is 53.0 Å². The summed E-state index contributed by atoms with van der Waals surface area (Å²) in [4.78, 5) is 4.85. The van der Waals surface area contributed by atoms with Crippen LogP contribution in [0.3, 0.4) is 0 Å². The lowest BCUT2D eigenvalue weighted by molar-refractivity contribution is 0.120. The monoisotopic (exact) mass is 221 g/mol. The molecule has 0 saturated carbocycles. The van der Waals surface area contributed by atoms with Crippen molar-refractivity contribution in [1.82, 2.24) is 5.48 Å². The minimum Gasteiger partial charge on any atom is -0.279 e. The molecule has 1 aromatic rings. The highest BCUT2D eigenvalue weighted by atomic mass is 19.1. The number of hydrogen-bond acceptors (Lipinski definition) is 2. The van der Waals surface area contributed by atoms with Gasteiger partial charge in [0.1, 0.15) is 5.82 Å². The number of halogens is 1. The van der Waals surface area contributed by atoms with E-state index in [2.05, 4.69) is 5.48 Å². The molecule has 0 bridgehead atoms. The van der Waals surface area contributed by atoms with Gasteiger partial charge in [0.15, 0.2) is 0 Å². The van der Waals surface area contributed by atoms with Gasteiger partial charge in [0, 0.05) is 0 Å². The molecular formula is C13H16FNO. The normalized spacial score (nSPS) is 12.8. The lowest BCUT2D eigenvalue weighted by atomic mass is 10.1. The van der Waals surface area contributed by atoms with Gasteiger partial charge >= 0.3 is 0 Å². The largest absolute Gasteiger partial charge is 0.279 e. The molecule has 3 heteroatoms. The molecule has 0 heterocycles. The molecule has 2 nitrogen and oxygen atoms in total. The predicted octanol–water partition coefficient (Wildman–Crippen LogP) is 3.28. The molecule has 0 atom stereocenters.